The molecule has 3 aromatic rings. The molecule has 2 aliphatic rings. The van der Waals surface area contributed by atoms with Gasteiger partial charge in [-0.05, 0) is 24.1 Å². The third-order valence-corrected chi connectivity index (χ3v) is 7.37. The number of rotatable bonds is 5. The van der Waals surface area contributed by atoms with Crippen molar-refractivity contribution in [3.8, 4) is 22.0 Å². The fraction of sp³-hybridized carbons (Fsp3) is 0.375. The standard InChI is InChI=1S/C24H26N6O3S/c1-29-11-9-24(33,22(29)32)16-5-3-4-15(12-16)21-27-19(14-34-21)18-8-10-25-23(28-18)26-17-6-7-20(31)30(2)13-17/h3-5,8,10,12,14,17,33H,6-7,9,11,13H2,1-2H3,(H,25,26,28)/t17?,24-/m1/s1. The van der Waals surface area contributed by atoms with Crippen molar-refractivity contribution in [3.05, 3.63) is 47.5 Å². The van der Waals surface area contributed by atoms with Gasteiger partial charge >= 0.3 is 0 Å². The molecule has 0 radical (unpaired) electrons. The highest BCUT2D eigenvalue weighted by atomic mass is 32.1. The number of carbonyl (C=O) groups is 2. The Labute approximate surface area is 201 Å². The molecule has 2 aromatic heterocycles. The lowest BCUT2D eigenvalue weighted by Gasteiger charge is -2.30. The lowest BCUT2D eigenvalue weighted by Crippen LogP contribution is -2.43. The zero-order valence-electron chi connectivity index (χ0n) is 19.1. The molecule has 0 spiro atoms. The van der Waals surface area contributed by atoms with E-state index < -0.39 is 5.60 Å². The first-order valence-corrected chi connectivity index (χ1v) is 12.1. The Morgan fingerprint density at radius 2 is 2.00 bits per heavy atom. The largest absolute Gasteiger partial charge is 0.375 e. The maximum absolute atomic E-state index is 12.5. The molecule has 5 rings (SSSR count). The van der Waals surface area contributed by atoms with Crippen molar-refractivity contribution >= 4 is 29.1 Å². The molecule has 176 valence electrons. The van der Waals surface area contributed by atoms with Crippen molar-refractivity contribution in [2.45, 2.75) is 30.9 Å². The van der Waals surface area contributed by atoms with E-state index in [4.69, 9.17) is 4.98 Å². The van der Waals surface area contributed by atoms with E-state index in [1.807, 2.05) is 29.6 Å². The number of piperidine rings is 1. The Morgan fingerprint density at radius 3 is 2.76 bits per heavy atom. The van der Waals surface area contributed by atoms with Gasteiger partial charge in [-0.2, -0.15) is 0 Å². The molecule has 9 nitrogen and oxygen atoms in total. The first-order valence-electron chi connectivity index (χ1n) is 11.2. The van der Waals surface area contributed by atoms with Crippen LogP contribution in [0.3, 0.4) is 0 Å². The molecule has 1 unspecified atom stereocenters. The van der Waals surface area contributed by atoms with Gasteiger partial charge in [-0.15, -0.1) is 11.3 Å². The highest BCUT2D eigenvalue weighted by Crippen LogP contribution is 2.36. The Bertz CT molecular complexity index is 1250. The van der Waals surface area contributed by atoms with Crippen LogP contribution in [0.5, 0.6) is 0 Å². The van der Waals surface area contributed by atoms with Gasteiger partial charge in [0, 0.05) is 63.2 Å². The number of aliphatic hydroxyl groups is 1. The first kappa shape index (κ1) is 22.4. The smallest absolute Gasteiger partial charge is 0.258 e. The summed E-state index contributed by atoms with van der Waals surface area (Å²) in [4.78, 5) is 41.2. The number of amides is 2. The van der Waals surface area contributed by atoms with Crippen molar-refractivity contribution in [3.63, 3.8) is 0 Å². The Hall–Kier alpha value is -3.37. The number of hydrogen-bond acceptors (Lipinski definition) is 8. The molecule has 2 aliphatic heterocycles. The van der Waals surface area contributed by atoms with E-state index in [2.05, 4.69) is 15.3 Å². The molecule has 34 heavy (non-hydrogen) atoms. The Kier molecular flexibility index (Phi) is 5.78. The van der Waals surface area contributed by atoms with Crippen LogP contribution in [-0.2, 0) is 15.2 Å². The van der Waals surface area contributed by atoms with Crippen molar-refractivity contribution in [2.75, 3.05) is 32.5 Å². The van der Waals surface area contributed by atoms with Crippen molar-refractivity contribution < 1.29 is 14.7 Å². The molecule has 2 N–H and O–H groups in total. The zero-order chi connectivity index (χ0) is 23.9. The van der Waals surface area contributed by atoms with E-state index in [9.17, 15) is 14.7 Å². The summed E-state index contributed by atoms with van der Waals surface area (Å²) in [5.74, 6) is 0.384. The van der Waals surface area contributed by atoms with Crippen LogP contribution >= 0.6 is 11.3 Å². The molecule has 0 bridgehead atoms. The number of nitrogens with one attached hydrogen (secondary N) is 1. The van der Waals surface area contributed by atoms with Gasteiger partial charge in [0.15, 0.2) is 5.60 Å². The molecule has 0 aliphatic carbocycles. The molecule has 2 atom stereocenters. The molecule has 2 fully saturated rings. The van der Waals surface area contributed by atoms with Crippen molar-refractivity contribution in [1.29, 1.82) is 0 Å². The third kappa shape index (κ3) is 4.14. The summed E-state index contributed by atoms with van der Waals surface area (Å²) >= 11 is 1.48. The lowest BCUT2D eigenvalue weighted by molar-refractivity contribution is -0.143. The van der Waals surface area contributed by atoms with Gasteiger partial charge in [-0.1, -0.05) is 18.2 Å². The van der Waals surface area contributed by atoms with Crippen molar-refractivity contribution in [1.82, 2.24) is 24.8 Å². The minimum absolute atomic E-state index is 0.106. The van der Waals surface area contributed by atoms with E-state index in [-0.39, 0.29) is 17.9 Å². The van der Waals surface area contributed by atoms with Gasteiger partial charge in [-0.25, -0.2) is 15.0 Å². The SMILES string of the molecule is CN1CC(Nc2nccc(-c3csc(-c4cccc([C@]5(O)CCN(C)C5=O)c4)n3)n2)CCC1=O. The summed E-state index contributed by atoms with van der Waals surface area (Å²) in [6.45, 7) is 1.15. The summed E-state index contributed by atoms with van der Waals surface area (Å²) < 4.78 is 0. The number of carbonyl (C=O) groups excluding carboxylic acids is 2. The molecular weight excluding hydrogens is 452 g/mol. The molecule has 0 saturated carbocycles. The van der Waals surface area contributed by atoms with Gasteiger partial charge in [-0.3, -0.25) is 9.59 Å². The Morgan fingerprint density at radius 1 is 1.15 bits per heavy atom. The summed E-state index contributed by atoms with van der Waals surface area (Å²) in [7, 11) is 3.51. The van der Waals surface area contributed by atoms with E-state index >= 15 is 0 Å². The number of hydrogen-bond donors (Lipinski definition) is 2. The number of thiazole rings is 1. The topological polar surface area (TPSA) is 112 Å². The van der Waals surface area contributed by atoms with Crippen LogP contribution in [0.2, 0.25) is 0 Å². The zero-order valence-corrected chi connectivity index (χ0v) is 19.9. The van der Waals surface area contributed by atoms with Crippen molar-refractivity contribution in [2.24, 2.45) is 0 Å². The highest BCUT2D eigenvalue weighted by Gasteiger charge is 2.45. The van der Waals surface area contributed by atoms with Gasteiger partial charge in [0.05, 0.1) is 5.69 Å². The Balaban J connectivity index is 1.35. The van der Waals surface area contributed by atoms with Crippen LogP contribution in [0, 0.1) is 0 Å². The van der Waals surface area contributed by atoms with Crippen LogP contribution in [0.4, 0.5) is 5.95 Å². The summed E-state index contributed by atoms with van der Waals surface area (Å²) in [6, 6.07) is 9.31. The number of aromatic nitrogens is 3. The predicted octanol–water partition coefficient (Wildman–Crippen LogP) is 2.35. The average Bonchev–Trinajstić information content (AvgIpc) is 3.44. The summed E-state index contributed by atoms with van der Waals surface area (Å²) in [6.07, 6.45) is 3.33. The maximum Gasteiger partial charge on any atom is 0.258 e. The van der Waals surface area contributed by atoms with Gasteiger partial charge in [0.2, 0.25) is 11.9 Å². The van der Waals surface area contributed by atoms with Crippen LogP contribution in [-0.4, -0.2) is 74.9 Å². The number of likely N-dealkylation sites (N-methyl/N-ethyl adjacent to an activating group) is 2. The van der Waals surface area contributed by atoms with E-state index in [0.717, 1.165) is 22.7 Å². The molecule has 1 aromatic carbocycles. The monoisotopic (exact) mass is 478 g/mol. The second kappa shape index (κ2) is 8.77. The summed E-state index contributed by atoms with van der Waals surface area (Å²) in [5, 5.41) is 17.0. The summed E-state index contributed by atoms with van der Waals surface area (Å²) in [5.41, 5.74) is 1.35. The van der Waals surface area contributed by atoms with Gasteiger partial charge < -0.3 is 20.2 Å². The van der Waals surface area contributed by atoms with Crippen LogP contribution in [0.15, 0.2) is 41.9 Å². The maximum atomic E-state index is 12.5. The highest BCUT2D eigenvalue weighted by molar-refractivity contribution is 7.13. The molecular formula is C24H26N6O3S. The number of benzene rings is 1. The van der Waals surface area contributed by atoms with Gasteiger partial charge in [0.25, 0.3) is 5.91 Å². The minimum atomic E-state index is -1.49. The molecule has 2 amide bonds. The van der Waals surface area contributed by atoms with Crippen LogP contribution in [0.1, 0.15) is 24.8 Å². The predicted molar refractivity (Wildman–Crippen MR) is 129 cm³/mol. The first-order chi connectivity index (χ1) is 16.3. The fourth-order valence-electron chi connectivity index (χ4n) is 4.44. The number of anilines is 1. The second-order valence-electron chi connectivity index (χ2n) is 8.88. The average molecular weight is 479 g/mol. The number of likely N-dealkylation sites (tertiary alicyclic amines) is 2. The van der Waals surface area contributed by atoms with E-state index in [0.29, 0.717) is 43.1 Å². The minimum Gasteiger partial charge on any atom is -0.375 e. The van der Waals surface area contributed by atoms with Crippen LogP contribution in [0.25, 0.3) is 22.0 Å². The molecule has 2 saturated heterocycles. The quantitative estimate of drug-likeness (QED) is 0.579. The lowest BCUT2D eigenvalue weighted by atomic mass is 9.91. The second-order valence-corrected chi connectivity index (χ2v) is 9.73. The number of nitrogens with zero attached hydrogens (tertiary/aromatic N) is 5. The van der Waals surface area contributed by atoms with Gasteiger partial charge in [0.1, 0.15) is 10.7 Å². The third-order valence-electron chi connectivity index (χ3n) is 6.48. The normalized spacial score (nSPS) is 23.0. The van der Waals surface area contributed by atoms with E-state index in [1.165, 1.54) is 11.3 Å². The molecule has 10 heteroatoms. The molecule has 4 heterocycles. The van der Waals surface area contributed by atoms with E-state index in [1.54, 1.807) is 36.2 Å². The van der Waals surface area contributed by atoms with Crippen LogP contribution < -0.4 is 5.32 Å². The fourth-order valence-corrected chi connectivity index (χ4v) is 5.25.